The van der Waals surface area contributed by atoms with Gasteiger partial charge in [0, 0.05) is 19.2 Å². The minimum absolute atomic E-state index is 0.0157. The lowest BCUT2D eigenvalue weighted by Crippen LogP contribution is -2.31. The number of methoxy groups -OCH3 is 2. The molecule has 0 fully saturated rings. The van der Waals surface area contributed by atoms with E-state index in [0.29, 0.717) is 12.3 Å². The first kappa shape index (κ1) is 16.3. The Morgan fingerprint density at radius 3 is 2.35 bits per heavy atom. The van der Waals surface area contributed by atoms with Crippen LogP contribution in [0, 0.1) is 0 Å². The quantitative estimate of drug-likeness (QED) is 0.609. The largest absolute Gasteiger partial charge is 0.495 e. The summed E-state index contributed by atoms with van der Waals surface area (Å²) in [7, 11) is -0.852. The van der Waals surface area contributed by atoms with Crippen molar-refractivity contribution in [2.24, 2.45) is 0 Å². The highest BCUT2D eigenvalue weighted by Gasteiger charge is 2.27. The number of hydrogen-bond donors (Lipinski definition) is 1. The molecule has 1 rings (SSSR count). The van der Waals surface area contributed by atoms with Crippen LogP contribution in [-0.4, -0.2) is 40.0 Å². The first-order valence-electron chi connectivity index (χ1n) is 6.04. The van der Waals surface area contributed by atoms with Crippen LogP contribution >= 0.6 is 0 Å². The molecule has 0 aliphatic carbocycles. The van der Waals surface area contributed by atoms with Gasteiger partial charge in [-0.3, -0.25) is 0 Å². The van der Waals surface area contributed by atoms with E-state index in [0.717, 1.165) is 0 Å². The fraction of sp³-hybridized carbons (Fsp3) is 0.385. The molecule has 0 bridgehead atoms. The number of likely N-dealkylation sites (N-methyl/N-ethyl adjacent to an activating group) is 1. The summed E-state index contributed by atoms with van der Waals surface area (Å²) in [4.78, 5) is 0.0157. The second kappa shape index (κ2) is 6.62. The van der Waals surface area contributed by atoms with Crippen LogP contribution < -0.4 is 15.2 Å². The Kier molecular flexibility index (Phi) is 5.41. The Bertz CT molecular complexity index is 584. The zero-order valence-corrected chi connectivity index (χ0v) is 12.7. The van der Waals surface area contributed by atoms with Gasteiger partial charge in [0.25, 0.3) is 0 Å². The lowest BCUT2D eigenvalue weighted by Gasteiger charge is -2.21. The van der Waals surface area contributed by atoms with Crippen molar-refractivity contribution in [3.63, 3.8) is 0 Å². The van der Waals surface area contributed by atoms with Crippen molar-refractivity contribution in [2.45, 2.75) is 11.8 Å². The zero-order valence-electron chi connectivity index (χ0n) is 11.9. The van der Waals surface area contributed by atoms with Gasteiger partial charge >= 0.3 is 0 Å². The number of rotatable bonds is 7. The van der Waals surface area contributed by atoms with Crippen LogP contribution in [0.15, 0.2) is 29.7 Å². The average molecular weight is 300 g/mol. The molecule has 0 spiro atoms. The van der Waals surface area contributed by atoms with Crippen molar-refractivity contribution in [1.82, 2.24) is 4.31 Å². The molecule has 0 amide bonds. The normalized spacial score (nSPS) is 11.4. The fourth-order valence-corrected chi connectivity index (χ4v) is 3.37. The van der Waals surface area contributed by atoms with Gasteiger partial charge in [-0.2, -0.15) is 4.31 Å². The third-order valence-electron chi connectivity index (χ3n) is 2.82. The summed E-state index contributed by atoms with van der Waals surface area (Å²) in [6.07, 6.45) is 1.53. The summed E-state index contributed by atoms with van der Waals surface area (Å²) in [6, 6.07) is 2.81. The van der Waals surface area contributed by atoms with E-state index in [1.807, 2.05) is 0 Å². The molecule has 6 nitrogen and oxygen atoms in total. The van der Waals surface area contributed by atoms with Gasteiger partial charge in [0.05, 0.1) is 19.9 Å². The topological polar surface area (TPSA) is 81.9 Å². The Balaban J connectivity index is 3.44. The van der Waals surface area contributed by atoms with Gasteiger partial charge in [0.15, 0.2) is 0 Å². The van der Waals surface area contributed by atoms with Crippen LogP contribution in [0.2, 0.25) is 0 Å². The highest BCUT2D eigenvalue weighted by molar-refractivity contribution is 7.89. The van der Waals surface area contributed by atoms with Crippen LogP contribution in [0.5, 0.6) is 11.5 Å². The summed E-state index contributed by atoms with van der Waals surface area (Å²) >= 11 is 0. The van der Waals surface area contributed by atoms with E-state index in [4.69, 9.17) is 15.2 Å². The minimum Gasteiger partial charge on any atom is -0.495 e. The third kappa shape index (κ3) is 3.05. The van der Waals surface area contributed by atoms with Crippen LogP contribution in [-0.2, 0) is 10.0 Å². The van der Waals surface area contributed by atoms with Gasteiger partial charge in [-0.25, -0.2) is 8.42 Å². The first-order valence-corrected chi connectivity index (χ1v) is 7.48. The lowest BCUT2D eigenvalue weighted by atomic mass is 10.3. The van der Waals surface area contributed by atoms with E-state index >= 15 is 0 Å². The van der Waals surface area contributed by atoms with Gasteiger partial charge in [-0.1, -0.05) is 13.0 Å². The van der Waals surface area contributed by atoms with Crippen LogP contribution in [0.25, 0.3) is 0 Å². The van der Waals surface area contributed by atoms with E-state index in [1.54, 1.807) is 6.92 Å². The first-order chi connectivity index (χ1) is 9.42. The predicted molar refractivity (Wildman–Crippen MR) is 78.6 cm³/mol. The Morgan fingerprint density at radius 2 is 1.90 bits per heavy atom. The molecule has 2 N–H and O–H groups in total. The van der Waals surface area contributed by atoms with Crippen molar-refractivity contribution in [2.75, 3.05) is 33.0 Å². The Morgan fingerprint density at radius 1 is 1.30 bits per heavy atom. The standard InChI is InChI=1S/C13H20N2O4S/c1-5-7-15(6-2)20(16,17)13-8-10(14)11(18-3)9-12(13)19-4/h5,8-9H,1,6-7,14H2,2-4H3. The number of hydrogen-bond acceptors (Lipinski definition) is 5. The molecular formula is C13H20N2O4S. The zero-order chi connectivity index (χ0) is 15.3. The smallest absolute Gasteiger partial charge is 0.247 e. The molecule has 0 unspecified atom stereocenters. The highest BCUT2D eigenvalue weighted by atomic mass is 32.2. The van der Waals surface area contributed by atoms with E-state index in [9.17, 15) is 8.42 Å². The fourth-order valence-electron chi connectivity index (χ4n) is 1.78. The predicted octanol–water partition coefficient (Wildman–Crippen LogP) is 1.48. The molecule has 0 saturated carbocycles. The number of benzene rings is 1. The van der Waals surface area contributed by atoms with Gasteiger partial charge in [-0.15, -0.1) is 6.58 Å². The van der Waals surface area contributed by atoms with Crippen molar-refractivity contribution in [1.29, 1.82) is 0 Å². The number of ether oxygens (including phenoxy) is 2. The Labute approximate surface area is 119 Å². The highest BCUT2D eigenvalue weighted by Crippen LogP contribution is 2.35. The monoisotopic (exact) mass is 300 g/mol. The number of nitrogens with two attached hydrogens (primary N) is 1. The molecule has 1 aromatic rings. The van der Waals surface area contributed by atoms with Gasteiger partial charge in [0.2, 0.25) is 10.0 Å². The molecule has 20 heavy (non-hydrogen) atoms. The van der Waals surface area contributed by atoms with Gasteiger partial charge in [0.1, 0.15) is 16.4 Å². The van der Waals surface area contributed by atoms with Crippen molar-refractivity contribution in [3.8, 4) is 11.5 Å². The van der Waals surface area contributed by atoms with E-state index in [1.165, 1.54) is 36.7 Å². The summed E-state index contributed by atoms with van der Waals surface area (Å²) in [6.45, 7) is 5.85. The number of nitrogen functional groups attached to an aromatic ring is 1. The van der Waals surface area contributed by atoms with E-state index in [2.05, 4.69) is 6.58 Å². The average Bonchev–Trinajstić information content (AvgIpc) is 2.44. The molecule has 112 valence electrons. The van der Waals surface area contributed by atoms with Crippen LogP contribution in [0.4, 0.5) is 5.69 Å². The molecule has 1 aromatic carbocycles. The second-order valence-electron chi connectivity index (χ2n) is 3.99. The number of sulfonamides is 1. The molecule has 0 heterocycles. The summed E-state index contributed by atoms with van der Waals surface area (Å²) in [5.74, 6) is 0.561. The van der Waals surface area contributed by atoms with Crippen LogP contribution in [0.3, 0.4) is 0 Å². The maximum Gasteiger partial charge on any atom is 0.247 e. The molecule has 0 saturated heterocycles. The molecule has 0 aliphatic rings. The summed E-state index contributed by atoms with van der Waals surface area (Å²) < 4.78 is 36.6. The molecule has 7 heteroatoms. The Hall–Kier alpha value is -1.73. The van der Waals surface area contributed by atoms with E-state index < -0.39 is 10.0 Å². The van der Waals surface area contributed by atoms with E-state index in [-0.39, 0.29) is 22.9 Å². The summed E-state index contributed by atoms with van der Waals surface area (Å²) in [5, 5.41) is 0. The number of anilines is 1. The maximum absolute atomic E-state index is 12.6. The molecular weight excluding hydrogens is 280 g/mol. The second-order valence-corrected chi connectivity index (χ2v) is 5.90. The van der Waals surface area contributed by atoms with Gasteiger partial charge < -0.3 is 15.2 Å². The van der Waals surface area contributed by atoms with Crippen molar-refractivity contribution >= 4 is 15.7 Å². The molecule has 0 aliphatic heterocycles. The lowest BCUT2D eigenvalue weighted by molar-refractivity contribution is 0.384. The van der Waals surface area contributed by atoms with Crippen LogP contribution in [0.1, 0.15) is 6.92 Å². The van der Waals surface area contributed by atoms with Gasteiger partial charge in [-0.05, 0) is 6.07 Å². The molecule has 0 atom stereocenters. The minimum atomic E-state index is -3.70. The number of nitrogens with zero attached hydrogens (tertiary/aromatic N) is 1. The maximum atomic E-state index is 12.6. The third-order valence-corrected chi connectivity index (χ3v) is 4.78. The summed E-state index contributed by atoms with van der Waals surface area (Å²) in [5.41, 5.74) is 6.02. The van der Waals surface area contributed by atoms with Crippen molar-refractivity contribution in [3.05, 3.63) is 24.8 Å². The molecule has 0 radical (unpaired) electrons. The SMILES string of the molecule is C=CCN(CC)S(=O)(=O)c1cc(N)c(OC)cc1OC. The molecule has 0 aromatic heterocycles. The van der Waals surface area contributed by atoms with Crippen molar-refractivity contribution < 1.29 is 17.9 Å².